The van der Waals surface area contributed by atoms with Gasteiger partial charge in [-0.2, -0.15) is 10.1 Å². The Hall–Kier alpha value is -2.90. The molecule has 132 valence electrons. The van der Waals surface area contributed by atoms with Crippen LogP contribution in [0.2, 0.25) is 10.0 Å². The predicted octanol–water partition coefficient (Wildman–Crippen LogP) is 4.62. The average molecular weight is 389 g/mol. The summed E-state index contributed by atoms with van der Waals surface area (Å²) in [6.45, 7) is 1.45. The van der Waals surface area contributed by atoms with E-state index in [1.54, 1.807) is 30.3 Å². The molecule has 0 radical (unpaired) electrons. The Labute approximate surface area is 159 Å². The van der Waals surface area contributed by atoms with E-state index in [0.29, 0.717) is 27.2 Å². The van der Waals surface area contributed by atoms with Gasteiger partial charge in [0.15, 0.2) is 5.82 Å². The van der Waals surface area contributed by atoms with Crippen molar-refractivity contribution in [1.82, 2.24) is 15.2 Å². The summed E-state index contributed by atoms with van der Waals surface area (Å²) in [5, 5.41) is 17.5. The zero-order valence-corrected chi connectivity index (χ0v) is 15.1. The van der Waals surface area contributed by atoms with Crippen LogP contribution < -0.4 is 16.0 Å². The molecule has 0 aliphatic carbocycles. The van der Waals surface area contributed by atoms with Crippen LogP contribution in [-0.4, -0.2) is 21.1 Å². The van der Waals surface area contributed by atoms with Crippen molar-refractivity contribution >= 4 is 57.9 Å². The number of rotatable bonds is 5. The lowest BCUT2D eigenvalue weighted by molar-refractivity contribution is -0.114. The molecule has 0 unspecified atom stereocenters. The first-order valence-electron chi connectivity index (χ1n) is 7.57. The molecule has 0 fully saturated rings. The highest BCUT2D eigenvalue weighted by Crippen LogP contribution is 2.31. The molecule has 7 nitrogen and oxygen atoms in total. The monoisotopic (exact) mass is 388 g/mol. The van der Waals surface area contributed by atoms with Crippen LogP contribution in [0.3, 0.4) is 0 Å². The summed E-state index contributed by atoms with van der Waals surface area (Å²) >= 11 is 12.1. The van der Waals surface area contributed by atoms with Crippen LogP contribution in [0.25, 0.3) is 0 Å². The van der Waals surface area contributed by atoms with Gasteiger partial charge in [0.05, 0.1) is 21.9 Å². The van der Waals surface area contributed by atoms with E-state index in [1.165, 1.54) is 13.1 Å². The normalized spacial score (nSPS) is 10.3. The van der Waals surface area contributed by atoms with Crippen molar-refractivity contribution in [3.05, 3.63) is 58.7 Å². The lowest BCUT2D eigenvalue weighted by Crippen LogP contribution is -2.06. The third-order valence-corrected chi connectivity index (χ3v) is 4.03. The first kappa shape index (κ1) is 17.9. The molecular formula is C17H14Cl2N6O. The Morgan fingerprint density at radius 3 is 2.62 bits per heavy atom. The molecule has 2 aromatic carbocycles. The van der Waals surface area contributed by atoms with Crippen molar-refractivity contribution in [1.29, 1.82) is 0 Å². The fourth-order valence-corrected chi connectivity index (χ4v) is 2.51. The molecule has 1 amide bonds. The number of nitrogens with one attached hydrogen (secondary N) is 3. The third kappa shape index (κ3) is 4.59. The SMILES string of the molecule is CC(=O)Nc1cccc(Nc2cnnc(Nc3cccc(Cl)c3Cl)n2)c1. The standard InChI is InChI=1S/C17H14Cl2N6O/c1-10(26)21-11-4-2-5-12(8-11)22-15-9-20-25-17(24-15)23-14-7-3-6-13(18)16(14)19/h2-9H,1H3,(H,21,26)(H2,22,23,24,25). The predicted molar refractivity (Wildman–Crippen MR) is 104 cm³/mol. The van der Waals surface area contributed by atoms with Crippen LogP contribution >= 0.6 is 23.2 Å². The highest BCUT2D eigenvalue weighted by atomic mass is 35.5. The van der Waals surface area contributed by atoms with Crippen molar-refractivity contribution in [3.63, 3.8) is 0 Å². The molecule has 0 atom stereocenters. The van der Waals surface area contributed by atoms with Gasteiger partial charge >= 0.3 is 0 Å². The Balaban J connectivity index is 1.77. The van der Waals surface area contributed by atoms with Crippen molar-refractivity contribution in [2.24, 2.45) is 0 Å². The van der Waals surface area contributed by atoms with Gasteiger partial charge in [-0.1, -0.05) is 35.3 Å². The molecule has 0 spiro atoms. The van der Waals surface area contributed by atoms with E-state index in [0.717, 1.165) is 5.69 Å². The van der Waals surface area contributed by atoms with E-state index < -0.39 is 0 Å². The quantitative estimate of drug-likeness (QED) is 0.590. The fourth-order valence-electron chi connectivity index (χ4n) is 2.16. The van der Waals surface area contributed by atoms with E-state index in [-0.39, 0.29) is 11.9 Å². The van der Waals surface area contributed by atoms with Gasteiger partial charge in [0.25, 0.3) is 0 Å². The van der Waals surface area contributed by atoms with Gasteiger partial charge in [0.1, 0.15) is 0 Å². The molecule has 0 saturated carbocycles. The van der Waals surface area contributed by atoms with Crippen molar-refractivity contribution in [3.8, 4) is 0 Å². The summed E-state index contributed by atoms with van der Waals surface area (Å²) in [5.74, 6) is 0.591. The van der Waals surface area contributed by atoms with Crippen molar-refractivity contribution in [2.45, 2.75) is 6.92 Å². The van der Waals surface area contributed by atoms with Crippen LogP contribution in [0.15, 0.2) is 48.7 Å². The average Bonchev–Trinajstić information content (AvgIpc) is 2.59. The van der Waals surface area contributed by atoms with Crippen LogP contribution in [0, 0.1) is 0 Å². The van der Waals surface area contributed by atoms with Crippen molar-refractivity contribution in [2.75, 3.05) is 16.0 Å². The summed E-state index contributed by atoms with van der Waals surface area (Å²) < 4.78 is 0. The number of amides is 1. The van der Waals surface area contributed by atoms with Gasteiger partial charge in [-0.05, 0) is 30.3 Å². The Kier molecular flexibility index (Phi) is 5.50. The lowest BCUT2D eigenvalue weighted by atomic mass is 10.2. The third-order valence-electron chi connectivity index (χ3n) is 3.21. The van der Waals surface area contributed by atoms with E-state index in [2.05, 4.69) is 31.1 Å². The number of carbonyl (C=O) groups is 1. The van der Waals surface area contributed by atoms with Crippen LogP contribution in [0.4, 0.5) is 28.8 Å². The first-order chi connectivity index (χ1) is 12.5. The Bertz CT molecular complexity index is 950. The summed E-state index contributed by atoms with van der Waals surface area (Å²) in [5.41, 5.74) is 1.99. The smallest absolute Gasteiger partial charge is 0.249 e. The van der Waals surface area contributed by atoms with E-state index in [1.807, 2.05) is 12.1 Å². The summed E-state index contributed by atoms with van der Waals surface area (Å²) in [6, 6.07) is 12.4. The summed E-state index contributed by atoms with van der Waals surface area (Å²) in [7, 11) is 0. The van der Waals surface area contributed by atoms with Gasteiger partial charge < -0.3 is 16.0 Å². The lowest BCUT2D eigenvalue weighted by Gasteiger charge is -2.10. The number of nitrogens with zero attached hydrogens (tertiary/aromatic N) is 3. The zero-order chi connectivity index (χ0) is 18.5. The van der Waals surface area contributed by atoms with Crippen LogP contribution in [0.1, 0.15) is 6.92 Å². The zero-order valence-electron chi connectivity index (χ0n) is 13.6. The fraction of sp³-hybridized carbons (Fsp3) is 0.0588. The number of carbonyl (C=O) groups excluding carboxylic acids is 1. The molecule has 1 heterocycles. The van der Waals surface area contributed by atoms with Crippen molar-refractivity contribution < 1.29 is 4.79 Å². The van der Waals surface area contributed by atoms with E-state index >= 15 is 0 Å². The molecule has 0 saturated heterocycles. The van der Waals surface area contributed by atoms with Crippen LogP contribution in [0.5, 0.6) is 0 Å². The maximum Gasteiger partial charge on any atom is 0.249 e. The molecule has 3 N–H and O–H groups in total. The Morgan fingerprint density at radius 1 is 1.04 bits per heavy atom. The maximum atomic E-state index is 11.2. The molecule has 9 heteroatoms. The first-order valence-corrected chi connectivity index (χ1v) is 8.32. The molecule has 0 bridgehead atoms. The molecule has 3 aromatic rings. The number of hydrogen-bond acceptors (Lipinski definition) is 6. The van der Waals surface area contributed by atoms with Gasteiger partial charge in [-0.3, -0.25) is 4.79 Å². The minimum Gasteiger partial charge on any atom is -0.339 e. The minimum atomic E-state index is -0.143. The molecule has 0 aliphatic heterocycles. The second kappa shape index (κ2) is 7.99. The number of anilines is 5. The molecule has 1 aromatic heterocycles. The highest BCUT2D eigenvalue weighted by molar-refractivity contribution is 6.43. The van der Waals surface area contributed by atoms with Gasteiger partial charge in [-0.15, -0.1) is 5.10 Å². The van der Waals surface area contributed by atoms with Gasteiger partial charge in [0.2, 0.25) is 11.9 Å². The highest BCUT2D eigenvalue weighted by Gasteiger charge is 2.07. The molecule has 26 heavy (non-hydrogen) atoms. The number of halogens is 2. The Morgan fingerprint density at radius 2 is 1.81 bits per heavy atom. The number of aromatic nitrogens is 3. The van der Waals surface area contributed by atoms with E-state index in [9.17, 15) is 4.79 Å². The largest absolute Gasteiger partial charge is 0.339 e. The molecular weight excluding hydrogens is 375 g/mol. The second-order valence-corrected chi connectivity index (χ2v) is 6.06. The number of benzene rings is 2. The van der Waals surface area contributed by atoms with Gasteiger partial charge in [0, 0.05) is 18.3 Å². The maximum absolute atomic E-state index is 11.2. The molecule has 0 aliphatic rings. The van der Waals surface area contributed by atoms with E-state index in [4.69, 9.17) is 23.2 Å². The van der Waals surface area contributed by atoms with Crippen LogP contribution in [-0.2, 0) is 4.79 Å². The molecule has 3 rings (SSSR count). The summed E-state index contributed by atoms with van der Waals surface area (Å²) in [6.07, 6.45) is 1.48. The van der Waals surface area contributed by atoms with Gasteiger partial charge in [-0.25, -0.2) is 0 Å². The second-order valence-electron chi connectivity index (χ2n) is 5.28. The number of hydrogen-bond donors (Lipinski definition) is 3. The topological polar surface area (TPSA) is 91.8 Å². The minimum absolute atomic E-state index is 0.143. The summed E-state index contributed by atoms with van der Waals surface area (Å²) in [4.78, 5) is 15.5.